The highest BCUT2D eigenvalue weighted by atomic mass is 35.5. The number of ether oxygens (including phenoxy) is 1. The summed E-state index contributed by atoms with van der Waals surface area (Å²) in [5.74, 6) is 1.11. The molecule has 0 bridgehead atoms. The van der Waals surface area contributed by atoms with Crippen molar-refractivity contribution in [3.8, 4) is 17.5 Å². The van der Waals surface area contributed by atoms with Gasteiger partial charge in [0, 0.05) is 16.2 Å². The fourth-order valence-corrected chi connectivity index (χ4v) is 4.92. The van der Waals surface area contributed by atoms with E-state index in [0.29, 0.717) is 32.9 Å². The van der Waals surface area contributed by atoms with E-state index >= 15 is 0 Å². The van der Waals surface area contributed by atoms with Crippen LogP contribution in [0.15, 0.2) is 78.0 Å². The maximum atomic E-state index is 11.5. The molecule has 35 heavy (non-hydrogen) atoms. The lowest BCUT2D eigenvalue weighted by Gasteiger charge is -2.16. The SMILES string of the molecule is Cc1nnc(S[C@@H](C[N+](=O)[O-])c2ccc(OCc3ccccc3C#N)c(Cl)c2)n1-c1ccccc1. The first-order valence-corrected chi connectivity index (χ1v) is 11.9. The highest BCUT2D eigenvalue weighted by Gasteiger charge is 2.24. The maximum absolute atomic E-state index is 11.5. The molecule has 0 aliphatic carbocycles. The van der Waals surface area contributed by atoms with Gasteiger partial charge in [0.05, 0.1) is 16.7 Å². The summed E-state index contributed by atoms with van der Waals surface area (Å²) in [7, 11) is 0. The molecule has 0 N–H and O–H groups in total. The molecule has 0 fully saturated rings. The van der Waals surface area contributed by atoms with Gasteiger partial charge in [-0.1, -0.05) is 65.8 Å². The van der Waals surface area contributed by atoms with Crippen LogP contribution in [0.25, 0.3) is 5.69 Å². The summed E-state index contributed by atoms with van der Waals surface area (Å²) >= 11 is 7.74. The molecule has 4 aromatic rings. The second-order valence-electron chi connectivity index (χ2n) is 7.57. The molecule has 0 radical (unpaired) electrons. The lowest BCUT2D eigenvalue weighted by atomic mass is 10.1. The van der Waals surface area contributed by atoms with E-state index in [1.807, 2.05) is 54.0 Å². The van der Waals surface area contributed by atoms with E-state index in [1.54, 1.807) is 30.3 Å². The monoisotopic (exact) mass is 505 g/mol. The summed E-state index contributed by atoms with van der Waals surface area (Å²) in [6.45, 7) is 1.69. The molecule has 1 heterocycles. The minimum atomic E-state index is -0.554. The molecule has 8 nitrogen and oxygen atoms in total. The summed E-state index contributed by atoms with van der Waals surface area (Å²) in [5.41, 5.74) is 2.81. The Hall–Kier alpha value is -3.87. The first-order chi connectivity index (χ1) is 17.0. The third kappa shape index (κ3) is 5.80. The zero-order valence-electron chi connectivity index (χ0n) is 18.7. The Labute approximate surface area is 211 Å². The van der Waals surface area contributed by atoms with Gasteiger partial charge in [-0.15, -0.1) is 10.2 Å². The molecule has 176 valence electrons. The molecule has 1 aromatic heterocycles. The smallest absolute Gasteiger partial charge is 0.220 e. The van der Waals surface area contributed by atoms with E-state index < -0.39 is 5.25 Å². The van der Waals surface area contributed by atoms with Crippen LogP contribution in [0, 0.1) is 28.4 Å². The van der Waals surface area contributed by atoms with Gasteiger partial charge in [0.15, 0.2) is 5.16 Å². The van der Waals surface area contributed by atoms with Crippen molar-refractivity contribution in [2.24, 2.45) is 0 Å². The van der Waals surface area contributed by atoms with E-state index in [-0.39, 0.29) is 18.1 Å². The molecule has 1 atom stereocenters. The number of hydrogen-bond donors (Lipinski definition) is 0. The number of para-hydroxylation sites is 1. The summed E-state index contributed by atoms with van der Waals surface area (Å²) in [4.78, 5) is 11.1. The van der Waals surface area contributed by atoms with E-state index in [4.69, 9.17) is 16.3 Å². The topological polar surface area (TPSA) is 107 Å². The van der Waals surface area contributed by atoms with Crippen molar-refractivity contribution < 1.29 is 9.66 Å². The molecule has 4 rings (SSSR count). The zero-order chi connectivity index (χ0) is 24.8. The number of nitriles is 1. The number of aromatic nitrogens is 3. The Kier molecular flexibility index (Phi) is 7.65. The number of thioether (sulfide) groups is 1. The fourth-order valence-electron chi connectivity index (χ4n) is 3.51. The summed E-state index contributed by atoms with van der Waals surface area (Å²) in [5, 5.41) is 29.5. The molecule has 0 aliphatic heterocycles. The number of nitro groups is 1. The highest BCUT2D eigenvalue weighted by molar-refractivity contribution is 7.99. The molecule has 0 aliphatic rings. The second kappa shape index (κ2) is 11.0. The van der Waals surface area contributed by atoms with E-state index in [9.17, 15) is 15.4 Å². The molecule has 0 unspecified atom stereocenters. The van der Waals surface area contributed by atoms with Crippen molar-refractivity contribution in [3.63, 3.8) is 0 Å². The second-order valence-corrected chi connectivity index (χ2v) is 9.15. The Bertz CT molecular complexity index is 1390. The predicted molar refractivity (Wildman–Crippen MR) is 133 cm³/mol. The van der Waals surface area contributed by atoms with Crippen molar-refractivity contribution in [2.45, 2.75) is 23.9 Å². The molecular weight excluding hydrogens is 486 g/mol. The summed E-state index contributed by atoms with van der Waals surface area (Å²) < 4.78 is 7.69. The molecular formula is C25H20ClN5O3S. The maximum Gasteiger partial charge on any atom is 0.220 e. The minimum absolute atomic E-state index is 0.176. The Balaban J connectivity index is 1.57. The lowest BCUT2D eigenvalue weighted by molar-refractivity contribution is -0.479. The Morgan fingerprint density at radius 1 is 1.14 bits per heavy atom. The number of aryl methyl sites for hydroxylation is 1. The van der Waals surface area contributed by atoms with Crippen LogP contribution in [0.2, 0.25) is 5.02 Å². The van der Waals surface area contributed by atoms with Crippen LogP contribution in [-0.4, -0.2) is 26.2 Å². The van der Waals surface area contributed by atoms with Crippen LogP contribution in [-0.2, 0) is 6.61 Å². The standard InChI is InChI=1S/C25H20ClN5O3S/c1-17-28-29-25(31(17)21-9-3-2-4-10-21)35-24(15-30(32)33)18-11-12-23(22(26)13-18)34-16-20-8-6-5-7-19(20)14-27/h2-13,24H,15-16H2,1H3/t24-/m0/s1. The quantitative estimate of drug-likeness (QED) is 0.161. The predicted octanol–water partition coefficient (Wildman–Crippen LogP) is 5.79. The normalized spacial score (nSPS) is 11.6. The van der Waals surface area contributed by atoms with Crippen molar-refractivity contribution in [3.05, 3.63) is 110 Å². The third-order valence-electron chi connectivity index (χ3n) is 5.22. The molecule has 3 aromatic carbocycles. The van der Waals surface area contributed by atoms with Crippen molar-refractivity contribution >= 4 is 23.4 Å². The average Bonchev–Trinajstić information content (AvgIpc) is 3.23. The lowest BCUT2D eigenvalue weighted by Crippen LogP contribution is -2.11. The largest absolute Gasteiger partial charge is 0.487 e. The number of halogens is 1. The highest BCUT2D eigenvalue weighted by Crippen LogP contribution is 2.38. The van der Waals surface area contributed by atoms with Crippen LogP contribution >= 0.6 is 23.4 Å². The van der Waals surface area contributed by atoms with Crippen LogP contribution in [0.3, 0.4) is 0 Å². The molecule has 0 amide bonds. The first-order valence-electron chi connectivity index (χ1n) is 10.6. The van der Waals surface area contributed by atoms with Crippen molar-refractivity contribution in [1.82, 2.24) is 14.8 Å². The van der Waals surface area contributed by atoms with Gasteiger partial charge in [-0.05, 0) is 42.8 Å². The third-order valence-corrected chi connectivity index (χ3v) is 6.70. The molecule has 10 heteroatoms. The number of benzene rings is 3. The zero-order valence-corrected chi connectivity index (χ0v) is 20.2. The van der Waals surface area contributed by atoms with E-state index in [1.165, 1.54) is 11.8 Å². The van der Waals surface area contributed by atoms with Crippen LogP contribution in [0.1, 0.15) is 27.8 Å². The molecule has 0 saturated carbocycles. The van der Waals surface area contributed by atoms with Gasteiger partial charge >= 0.3 is 0 Å². The average molecular weight is 506 g/mol. The number of hydrogen-bond acceptors (Lipinski definition) is 7. The van der Waals surface area contributed by atoms with Gasteiger partial charge in [0.1, 0.15) is 23.4 Å². The van der Waals surface area contributed by atoms with Crippen LogP contribution in [0.4, 0.5) is 0 Å². The van der Waals surface area contributed by atoms with Gasteiger partial charge in [-0.25, -0.2) is 0 Å². The van der Waals surface area contributed by atoms with Gasteiger partial charge in [0.25, 0.3) is 0 Å². The van der Waals surface area contributed by atoms with Crippen molar-refractivity contribution in [2.75, 3.05) is 6.54 Å². The molecule has 0 spiro atoms. The van der Waals surface area contributed by atoms with Crippen LogP contribution in [0.5, 0.6) is 5.75 Å². The summed E-state index contributed by atoms with van der Waals surface area (Å²) in [6, 6.07) is 24.0. The molecule has 0 saturated heterocycles. The van der Waals surface area contributed by atoms with E-state index in [0.717, 1.165) is 11.3 Å². The first kappa shape index (κ1) is 24.3. The van der Waals surface area contributed by atoms with Gasteiger partial charge in [0.2, 0.25) is 6.54 Å². The van der Waals surface area contributed by atoms with Gasteiger partial charge < -0.3 is 4.74 Å². The van der Waals surface area contributed by atoms with Crippen molar-refractivity contribution in [1.29, 1.82) is 5.26 Å². The van der Waals surface area contributed by atoms with Gasteiger partial charge in [-0.2, -0.15) is 5.26 Å². The van der Waals surface area contributed by atoms with E-state index in [2.05, 4.69) is 16.3 Å². The number of rotatable bonds is 9. The van der Waals surface area contributed by atoms with Gasteiger partial charge in [-0.3, -0.25) is 14.7 Å². The summed E-state index contributed by atoms with van der Waals surface area (Å²) in [6.07, 6.45) is 0. The fraction of sp³-hybridized carbons (Fsp3) is 0.160. The minimum Gasteiger partial charge on any atom is -0.487 e. The Morgan fingerprint density at radius 3 is 2.60 bits per heavy atom. The Morgan fingerprint density at radius 2 is 1.89 bits per heavy atom. The number of nitrogens with zero attached hydrogens (tertiary/aromatic N) is 5. The van der Waals surface area contributed by atoms with Crippen LogP contribution < -0.4 is 4.74 Å².